The van der Waals surface area contributed by atoms with Crippen molar-refractivity contribution in [2.45, 2.75) is 12.1 Å². The Bertz CT molecular complexity index is 921. The largest absolute Gasteiger partial charge is 0.378 e. The molecule has 1 saturated heterocycles. The van der Waals surface area contributed by atoms with Gasteiger partial charge in [0.05, 0.1) is 34.7 Å². The third-order valence-corrected chi connectivity index (χ3v) is 5.44. The van der Waals surface area contributed by atoms with Gasteiger partial charge in [0.15, 0.2) is 15.5 Å². The van der Waals surface area contributed by atoms with Crippen molar-refractivity contribution in [3.05, 3.63) is 40.3 Å². The number of para-hydroxylation sites is 2. The van der Waals surface area contributed by atoms with Crippen LogP contribution in [0.1, 0.15) is 10.5 Å². The van der Waals surface area contributed by atoms with E-state index in [1.165, 1.54) is 7.11 Å². The molecule has 122 valence electrons. The molecule has 3 rings (SSSR count). The number of hydrogen-bond acceptors (Lipinski definition) is 6. The summed E-state index contributed by atoms with van der Waals surface area (Å²) >= 11 is 0. The van der Waals surface area contributed by atoms with Gasteiger partial charge in [-0.15, -0.1) is 0 Å². The molecule has 1 aromatic heterocycles. The highest BCUT2D eigenvalue weighted by Crippen LogP contribution is 2.15. The molecule has 2 atom stereocenters. The van der Waals surface area contributed by atoms with Gasteiger partial charge < -0.3 is 15.0 Å². The summed E-state index contributed by atoms with van der Waals surface area (Å²) in [7, 11) is -1.89. The molecule has 8 nitrogen and oxygen atoms in total. The van der Waals surface area contributed by atoms with Gasteiger partial charge in [-0.05, 0) is 12.1 Å². The zero-order chi connectivity index (χ0) is 16.6. The molecule has 2 aromatic rings. The van der Waals surface area contributed by atoms with Crippen molar-refractivity contribution in [1.82, 2.24) is 15.3 Å². The Morgan fingerprint density at radius 2 is 2.09 bits per heavy atom. The second-order valence-electron chi connectivity index (χ2n) is 5.36. The SMILES string of the molecule is CO[C@@H]1CS(=O)(=O)C[C@H]1NC(=O)c1nc2ccccc2[nH]c1=O. The number of methoxy groups -OCH3 is 1. The fourth-order valence-electron chi connectivity index (χ4n) is 2.60. The molecule has 2 heterocycles. The van der Waals surface area contributed by atoms with E-state index in [2.05, 4.69) is 15.3 Å². The lowest BCUT2D eigenvalue weighted by Crippen LogP contribution is -2.45. The number of nitrogens with zero attached hydrogens (tertiary/aromatic N) is 1. The van der Waals surface area contributed by atoms with Crippen molar-refractivity contribution in [1.29, 1.82) is 0 Å². The molecule has 0 bridgehead atoms. The van der Waals surface area contributed by atoms with E-state index in [4.69, 9.17) is 4.74 Å². The number of aromatic nitrogens is 2. The second kappa shape index (κ2) is 5.74. The van der Waals surface area contributed by atoms with Gasteiger partial charge in [-0.3, -0.25) is 9.59 Å². The lowest BCUT2D eigenvalue weighted by atomic mass is 10.2. The fraction of sp³-hybridized carbons (Fsp3) is 0.357. The van der Waals surface area contributed by atoms with Crippen molar-refractivity contribution in [3.63, 3.8) is 0 Å². The van der Waals surface area contributed by atoms with Crippen LogP contribution in [0, 0.1) is 0 Å². The minimum atomic E-state index is -3.28. The highest BCUT2D eigenvalue weighted by atomic mass is 32.2. The highest BCUT2D eigenvalue weighted by molar-refractivity contribution is 7.91. The smallest absolute Gasteiger partial charge is 0.280 e. The lowest BCUT2D eigenvalue weighted by molar-refractivity contribution is 0.0781. The van der Waals surface area contributed by atoms with Crippen molar-refractivity contribution < 1.29 is 17.9 Å². The molecule has 2 N–H and O–H groups in total. The first-order chi connectivity index (χ1) is 10.9. The molecule has 1 aliphatic rings. The molecular formula is C14H15N3O5S. The number of ether oxygens (including phenoxy) is 1. The zero-order valence-electron chi connectivity index (χ0n) is 12.3. The van der Waals surface area contributed by atoms with Gasteiger partial charge in [-0.25, -0.2) is 13.4 Å². The van der Waals surface area contributed by atoms with Gasteiger partial charge in [-0.2, -0.15) is 0 Å². The molecule has 1 fully saturated rings. The van der Waals surface area contributed by atoms with Crippen LogP contribution >= 0.6 is 0 Å². The molecular weight excluding hydrogens is 322 g/mol. The predicted octanol–water partition coefficient (Wildman–Crippen LogP) is -0.535. The maximum Gasteiger partial charge on any atom is 0.280 e. The third kappa shape index (κ3) is 3.10. The standard InChI is InChI=1S/C14H15N3O5S/c1-22-11-7-23(20,21)6-10(11)17-14(19)12-13(18)16-9-5-3-2-4-8(9)15-12/h2-5,10-11H,6-7H2,1H3,(H,16,18)(H,17,19)/t10-,11-/m1/s1. The normalized spacial score (nSPS) is 23.0. The first-order valence-electron chi connectivity index (χ1n) is 6.93. The van der Waals surface area contributed by atoms with Crippen LogP contribution in [0.15, 0.2) is 29.1 Å². The molecule has 23 heavy (non-hydrogen) atoms. The van der Waals surface area contributed by atoms with Crippen LogP contribution in [0.3, 0.4) is 0 Å². The summed E-state index contributed by atoms with van der Waals surface area (Å²) < 4.78 is 28.4. The minimum Gasteiger partial charge on any atom is -0.378 e. The van der Waals surface area contributed by atoms with Crippen LogP contribution in [-0.4, -0.2) is 55.1 Å². The Morgan fingerprint density at radius 1 is 1.35 bits per heavy atom. The van der Waals surface area contributed by atoms with E-state index >= 15 is 0 Å². The van der Waals surface area contributed by atoms with Crippen molar-refractivity contribution in [3.8, 4) is 0 Å². The number of sulfone groups is 1. The van der Waals surface area contributed by atoms with Crippen LogP contribution < -0.4 is 10.9 Å². The predicted molar refractivity (Wildman–Crippen MR) is 83.1 cm³/mol. The molecule has 0 spiro atoms. The third-order valence-electron chi connectivity index (χ3n) is 3.73. The van der Waals surface area contributed by atoms with E-state index in [0.29, 0.717) is 11.0 Å². The number of amides is 1. The van der Waals surface area contributed by atoms with Crippen molar-refractivity contribution in [2.24, 2.45) is 0 Å². The van der Waals surface area contributed by atoms with Gasteiger partial charge in [0.25, 0.3) is 11.5 Å². The molecule has 0 unspecified atom stereocenters. The molecule has 1 aromatic carbocycles. The molecule has 0 saturated carbocycles. The Morgan fingerprint density at radius 3 is 2.83 bits per heavy atom. The number of carbonyl (C=O) groups is 1. The number of carbonyl (C=O) groups excluding carboxylic acids is 1. The molecule has 0 radical (unpaired) electrons. The van der Waals surface area contributed by atoms with E-state index in [9.17, 15) is 18.0 Å². The average Bonchev–Trinajstić information content (AvgIpc) is 2.80. The number of aromatic amines is 1. The minimum absolute atomic E-state index is 0.157. The topological polar surface area (TPSA) is 118 Å². The van der Waals surface area contributed by atoms with Gasteiger partial charge in [-0.1, -0.05) is 12.1 Å². The van der Waals surface area contributed by atoms with Gasteiger partial charge in [0, 0.05) is 7.11 Å². The van der Waals surface area contributed by atoms with Crippen LogP contribution in [0.5, 0.6) is 0 Å². The second-order valence-corrected chi connectivity index (χ2v) is 7.52. The van der Waals surface area contributed by atoms with Crippen molar-refractivity contribution >= 4 is 26.8 Å². The summed E-state index contributed by atoms with van der Waals surface area (Å²) in [5.74, 6) is -1.10. The Balaban J connectivity index is 1.89. The Labute approximate surface area is 131 Å². The number of nitrogens with one attached hydrogen (secondary N) is 2. The van der Waals surface area contributed by atoms with E-state index in [1.807, 2.05) is 0 Å². The molecule has 0 aliphatic carbocycles. The Hall–Kier alpha value is -2.26. The zero-order valence-corrected chi connectivity index (χ0v) is 13.1. The molecule has 1 amide bonds. The Kier molecular flexibility index (Phi) is 3.90. The van der Waals surface area contributed by atoms with E-state index in [0.717, 1.165) is 0 Å². The van der Waals surface area contributed by atoms with Crippen molar-refractivity contribution in [2.75, 3.05) is 18.6 Å². The van der Waals surface area contributed by atoms with E-state index in [-0.39, 0.29) is 17.2 Å². The lowest BCUT2D eigenvalue weighted by Gasteiger charge is -2.17. The van der Waals surface area contributed by atoms with Gasteiger partial charge in [0.1, 0.15) is 0 Å². The summed E-state index contributed by atoms with van der Waals surface area (Å²) in [6.07, 6.45) is -0.636. The number of rotatable bonds is 3. The first kappa shape index (κ1) is 15.6. The number of benzene rings is 1. The molecule has 1 aliphatic heterocycles. The van der Waals surface area contributed by atoms with Crippen LogP contribution in [0.2, 0.25) is 0 Å². The monoisotopic (exact) mass is 337 g/mol. The summed E-state index contributed by atoms with van der Waals surface area (Å²) in [5, 5.41) is 2.53. The van der Waals surface area contributed by atoms with E-state index in [1.54, 1.807) is 24.3 Å². The van der Waals surface area contributed by atoms with Crippen LogP contribution in [0.25, 0.3) is 11.0 Å². The number of hydrogen-bond donors (Lipinski definition) is 2. The summed E-state index contributed by atoms with van der Waals surface area (Å²) in [6, 6.07) is 6.12. The highest BCUT2D eigenvalue weighted by Gasteiger charge is 2.39. The quantitative estimate of drug-likeness (QED) is 0.777. The fourth-order valence-corrected chi connectivity index (χ4v) is 4.45. The van der Waals surface area contributed by atoms with Gasteiger partial charge in [0.2, 0.25) is 0 Å². The maximum atomic E-state index is 12.3. The van der Waals surface area contributed by atoms with E-state index < -0.39 is 33.4 Å². The molecule has 9 heteroatoms. The van der Waals surface area contributed by atoms with Crippen LogP contribution in [0.4, 0.5) is 0 Å². The maximum absolute atomic E-state index is 12.3. The summed E-state index contributed by atoms with van der Waals surface area (Å²) in [4.78, 5) is 30.9. The summed E-state index contributed by atoms with van der Waals surface area (Å²) in [5.41, 5.74) is 0.0609. The first-order valence-corrected chi connectivity index (χ1v) is 8.75. The number of H-pyrrole nitrogens is 1. The van der Waals surface area contributed by atoms with Crippen LogP contribution in [-0.2, 0) is 14.6 Å². The summed E-state index contributed by atoms with van der Waals surface area (Å²) in [6.45, 7) is 0. The number of fused-ring (bicyclic) bond motifs is 1. The van der Waals surface area contributed by atoms with Gasteiger partial charge >= 0.3 is 0 Å². The average molecular weight is 337 g/mol.